The number of amides is 1. The topological polar surface area (TPSA) is 23.6 Å². The van der Waals surface area contributed by atoms with Crippen LogP contribution in [0.15, 0.2) is 18.2 Å². The standard InChI is InChI=1S/C14H20N2O/c1-15(2)14(17)13-5-4-11-6-8-16(3)9-7-12(11)10-13/h4-5,10H,6-9H2,1-3H3. The molecule has 0 aromatic heterocycles. The first kappa shape index (κ1) is 12.1. The summed E-state index contributed by atoms with van der Waals surface area (Å²) in [4.78, 5) is 15.9. The summed E-state index contributed by atoms with van der Waals surface area (Å²) in [5, 5.41) is 0. The minimum Gasteiger partial charge on any atom is -0.345 e. The minimum atomic E-state index is 0.0883. The molecule has 0 spiro atoms. The zero-order valence-corrected chi connectivity index (χ0v) is 10.9. The highest BCUT2D eigenvalue weighted by Gasteiger charge is 2.14. The molecule has 0 fully saturated rings. The molecule has 1 aliphatic rings. The van der Waals surface area contributed by atoms with Crippen LogP contribution in [0.3, 0.4) is 0 Å². The van der Waals surface area contributed by atoms with Crippen LogP contribution in [-0.4, -0.2) is 49.9 Å². The predicted molar refractivity (Wildman–Crippen MR) is 69.4 cm³/mol. The SMILES string of the molecule is CN1CCc2ccc(C(=O)N(C)C)cc2CC1. The van der Waals surface area contributed by atoms with E-state index in [0.717, 1.165) is 31.5 Å². The van der Waals surface area contributed by atoms with Crippen LogP contribution in [0.25, 0.3) is 0 Å². The molecule has 0 N–H and O–H groups in total. The lowest BCUT2D eigenvalue weighted by Gasteiger charge is -2.12. The number of carbonyl (C=O) groups is 1. The number of benzene rings is 1. The van der Waals surface area contributed by atoms with E-state index in [4.69, 9.17) is 0 Å². The summed E-state index contributed by atoms with van der Waals surface area (Å²) < 4.78 is 0. The maximum absolute atomic E-state index is 11.9. The summed E-state index contributed by atoms with van der Waals surface area (Å²) in [6.07, 6.45) is 2.13. The number of carbonyl (C=O) groups excluding carboxylic acids is 1. The lowest BCUT2D eigenvalue weighted by Crippen LogP contribution is -2.22. The van der Waals surface area contributed by atoms with E-state index in [2.05, 4.69) is 24.1 Å². The predicted octanol–water partition coefficient (Wildman–Crippen LogP) is 1.42. The Hall–Kier alpha value is -1.35. The third-order valence-corrected chi connectivity index (χ3v) is 3.39. The van der Waals surface area contributed by atoms with E-state index in [0.29, 0.717) is 0 Å². The molecule has 0 aliphatic carbocycles. The van der Waals surface area contributed by atoms with Crippen LogP contribution in [0, 0.1) is 0 Å². The lowest BCUT2D eigenvalue weighted by atomic mass is 10.00. The minimum absolute atomic E-state index is 0.0883. The van der Waals surface area contributed by atoms with E-state index in [1.54, 1.807) is 19.0 Å². The first-order valence-corrected chi connectivity index (χ1v) is 6.10. The molecule has 0 unspecified atom stereocenters. The molecular formula is C14H20N2O. The average Bonchev–Trinajstić information content (AvgIpc) is 2.50. The van der Waals surface area contributed by atoms with Crippen molar-refractivity contribution in [1.82, 2.24) is 9.80 Å². The van der Waals surface area contributed by atoms with Crippen molar-refractivity contribution in [2.24, 2.45) is 0 Å². The van der Waals surface area contributed by atoms with Gasteiger partial charge < -0.3 is 9.80 Å². The summed E-state index contributed by atoms with van der Waals surface area (Å²) in [5.41, 5.74) is 3.53. The van der Waals surface area contributed by atoms with Crippen molar-refractivity contribution >= 4 is 5.91 Å². The highest BCUT2D eigenvalue weighted by Crippen LogP contribution is 2.18. The van der Waals surface area contributed by atoms with E-state index in [9.17, 15) is 4.79 Å². The lowest BCUT2D eigenvalue weighted by molar-refractivity contribution is 0.0827. The van der Waals surface area contributed by atoms with Gasteiger partial charge in [-0.25, -0.2) is 0 Å². The highest BCUT2D eigenvalue weighted by molar-refractivity contribution is 5.94. The number of likely N-dealkylation sites (N-methyl/N-ethyl adjacent to an activating group) is 1. The molecule has 0 atom stereocenters. The Morgan fingerprint density at radius 1 is 1.18 bits per heavy atom. The smallest absolute Gasteiger partial charge is 0.253 e. The van der Waals surface area contributed by atoms with Crippen LogP contribution in [0.2, 0.25) is 0 Å². The van der Waals surface area contributed by atoms with Crippen molar-refractivity contribution in [3.8, 4) is 0 Å². The van der Waals surface area contributed by atoms with Gasteiger partial charge in [0.05, 0.1) is 0 Å². The van der Waals surface area contributed by atoms with Crippen LogP contribution >= 0.6 is 0 Å². The summed E-state index contributed by atoms with van der Waals surface area (Å²) in [6.45, 7) is 2.18. The second-order valence-corrected chi connectivity index (χ2v) is 4.99. The largest absolute Gasteiger partial charge is 0.345 e. The summed E-state index contributed by atoms with van der Waals surface area (Å²) in [7, 11) is 5.74. The molecule has 1 aromatic rings. The van der Waals surface area contributed by atoms with Gasteiger partial charge in [-0.2, -0.15) is 0 Å². The Kier molecular flexibility index (Phi) is 3.48. The van der Waals surface area contributed by atoms with Gasteiger partial charge in [-0.15, -0.1) is 0 Å². The summed E-state index contributed by atoms with van der Waals surface area (Å²) in [6, 6.07) is 6.13. The molecule has 1 aromatic carbocycles. The molecular weight excluding hydrogens is 212 g/mol. The van der Waals surface area contributed by atoms with Gasteiger partial charge in [-0.3, -0.25) is 4.79 Å². The van der Waals surface area contributed by atoms with Gasteiger partial charge >= 0.3 is 0 Å². The number of hydrogen-bond acceptors (Lipinski definition) is 2. The molecule has 1 aliphatic heterocycles. The van der Waals surface area contributed by atoms with Gasteiger partial charge in [0.15, 0.2) is 0 Å². The summed E-state index contributed by atoms with van der Waals surface area (Å²) in [5.74, 6) is 0.0883. The van der Waals surface area contributed by atoms with Crippen molar-refractivity contribution in [2.75, 3.05) is 34.2 Å². The molecule has 0 bridgehead atoms. The van der Waals surface area contributed by atoms with Gasteiger partial charge in [0.1, 0.15) is 0 Å². The second-order valence-electron chi connectivity index (χ2n) is 4.99. The number of fused-ring (bicyclic) bond motifs is 1. The van der Waals surface area contributed by atoms with E-state index in [-0.39, 0.29) is 5.91 Å². The van der Waals surface area contributed by atoms with Gasteiger partial charge in [0, 0.05) is 32.7 Å². The average molecular weight is 232 g/mol. The maximum atomic E-state index is 11.9. The highest BCUT2D eigenvalue weighted by atomic mass is 16.2. The Bertz CT molecular complexity index is 426. The van der Waals surface area contributed by atoms with Crippen LogP contribution in [0.5, 0.6) is 0 Å². The van der Waals surface area contributed by atoms with Crippen molar-refractivity contribution in [3.63, 3.8) is 0 Å². The second kappa shape index (κ2) is 4.88. The Morgan fingerprint density at radius 2 is 1.82 bits per heavy atom. The zero-order valence-electron chi connectivity index (χ0n) is 10.9. The third kappa shape index (κ3) is 2.67. The molecule has 0 saturated carbocycles. The van der Waals surface area contributed by atoms with Crippen molar-refractivity contribution in [2.45, 2.75) is 12.8 Å². The number of nitrogens with zero attached hydrogens (tertiary/aromatic N) is 2. The molecule has 1 amide bonds. The van der Waals surface area contributed by atoms with Gasteiger partial charge in [0.25, 0.3) is 5.91 Å². The molecule has 3 heteroatoms. The molecule has 3 nitrogen and oxygen atoms in total. The fourth-order valence-electron chi connectivity index (χ4n) is 2.23. The summed E-state index contributed by atoms with van der Waals surface area (Å²) >= 11 is 0. The molecule has 17 heavy (non-hydrogen) atoms. The molecule has 0 radical (unpaired) electrons. The number of rotatable bonds is 1. The van der Waals surface area contributed by atoms with Crippen LogP contribution in [0.4, 0.5) is 0 Å². The first-order valence-electron chi connectivity index (χ1n) is 6.10. The monoisotopic (exact) mass is 232 g/mol. The van der Waals surface area contributed by atoms with E-state index >= 15 is 0 Å². The Morgan fingerprint density at radius 3 is 2.47 bits per heavy atom. The van der Waals surface area contributed by atoms with Crippen LogP contribution in [-0.2, 0) is 12.8 Å². The third-order valence-electron chi connectivity index (χ3n) is 3.39. The fraction of sp³-hybridized carbons (Fsp3) is 0.500. The van der Waals surface area contributed by atoms with Crippen LogP contribution in [0.1, 0.15) is 21.5 Å². The Balaban J connectivity index is 2.28. The van der Waals surface area contributed by atoms with E-state index in [1.807, 2.05) is 6.07 Å². The van der Waals surface area contributed by atoms with Crippen LogP contribution < -0.4 is 0 Å². The molecule has 92 valence electrons. The van der Waals surface area contributed by atoms with Gasteiger partial charge in [-0.1, -0.05) is 6.07 Å². The number of hydrogen-bond donors (Lipinski definition) is 0. The quantitative estimate of drug-likeness (QED) is 0.731. The maximum Gasteiger partial charge on any atom is 0.253 e. The molecule has 2 rings (SSSR count). The van der Waals surface area contributed by atoms with E-state index < -0.39 is 0 Å². The van der Waals surface area contributed by atoms with E-state index in [1.165, 1.54) is 11.1 Å². The normalized spacial score (nSPS) is 16.2. The molecule has 0 saturated heterocycles. The zero-order chi connectivity index (χ0) is 12.4. The van der Waals surface area contributed by atoms with Crippen molar-refractivity contribution in [3.05, 3.63) is 34.9 Å². The van der Waals surface area contributed by atoms with Gasteiger partial charge in [-0.05, 0) is 43.1 Å². The molecule has 1 heterocycles. The Labute approximate surface area is 103 Å². The fourth-order valence-corrected chi connectivity index (χ4v) is 2.23. The first-order chi connectivity index (χ1) is 8.08. The van der Waals surface area contributed by atoms with Gasteiger partial charge in [0.2, 0.25) is 0 Å². The van der Waals surface area contributed by atoms with Crippen molar-refractivity contribution in [1.29, 1.82) is 0 Å². The van der Waals surface area contributed by atoms with Crippen molar-refractivity contribution < 1.29 is 4.79 Å².